The van der Waals surface area contributed by atoms with Gasteiger partial charge in [-0.1, -0.05) is 26.0 Å². The summed E-state index contributed by atoms with van der Waals surface area (Å²) in [5.41, 5.74) is 3.52. The van der Waals surface area contributed by atoms with E-state index in [1.165, 1.54) is 20.7 Å². The highest BCUT2D eigenvalue weighted by Gasteiger charge is 2.10. The van der Waals surface area contributed by atoms with Crippen molar-refractivity contribution in [1.29, 1.82) is 0 Å². The summed E-state index contributed by atoms with van der Waals surface area (Å²) in [5, 5.41) is 0. The summed E-state index contributed by atoms with van der Waals surface area (Å²) >= 11 is 2.34. The van der Waals surface area contributed by atoms with Gasteiger partial charge in [0.2, 0.25) is 0 Å². The molecule has 111 valence electrons. The van der Waals surface area contributed by atoms with E-state index in [1.807, 2.05) is 6.07 Å². The van der Waals surface area contributed by atoms with E-state index in [0.717, 1.165) is 17.9 Å². The van der Waals surface area contributed by atoms with Gasteiger partial charge in [0.05, 0.1) is 7.11 Å². The van der Waals surface area contributed by atoms with Gasteiger partial charge >= 0.3 is 0 Å². The molecule has 3 heteroatoms. The van der Waals surface area contributed by atoms with Crippen molar-refractivity contribution in [3.8, 4) is 16.9 Å². The third kappa shape index (κ3) is 4.13. The summed E-state index contributed by atoms with van der Waals surface area (Å²) in [6.45, 7) is 5.26. The van der Waals surface area contributed by atoms with E-state index in [-0.39, 0.29) is 0 Å². The highest BCUT2D eigenvalue weighted by molar-refractivity contribution is 14.1. The number of methoxy groups -OCH3 is 1. The van der Waals surface area contributed by atoms with Gasteiger partial charge in [0.25, 0.3) is 0 Å². The topological polar surface area (TPSA) is 12.5 Å². The van der Waals surface area contributed by atoms with Crippen LogP contribution in [0, 0.1) is 9.49 Å². The number of hydrogen-bond acceptors (Lipinski definition) is 2. The standard InChI is InChI=1S/C18H21INO/c1-13(2)12-20(3)16-8-9-18(21-4)17(11-16)14-6-5-7-15(19)10-14/h5-11H,12H2,1-4H3. The largest absolute Gasteiger partial charge is 0.496 e. The van der Waals surface area contributed by atoms with Crippen LogP contribution in [0.4, 0.5) is 5.69 Å². The predicted octanol–water partition coefficient (Wildman–Crippen LogP) is 5.02. The molecule has 0 saturated carbocycles. The van der Waals surface area contributed by atoms with Gasteiger partial charge in [-0.2, -0.15) is 0 Å². The fraction of sp³-hybridized carbons (Fsp3) is 0.278. The van der Waals surface area contributed by atoms with Crippen LogP contribution in [-0.4, -0.2) is 20.7 Å². The number of benzene rings is 2. The Morgan fingerprint density at radius 3 is 2.52 bits per heavy atom. The van der Waals surface area contributed by atoms with Crippen LogP contribution in [0.15, 0.2) is 42.5 Å². The Morgan fingerprint density at radius 1 is 1.14 bits per heavy atom. The summed E-state index contributed by atoms with van der Waals surface area (Å²) in [6.07, 6.45) is 0. The zero-order valence-electron chi connectivity index (χ0n) is 13.0. The van der Waals surface area contributed by atoms with Crippen molar-refractivity contribution in [2.24, 2.45) is 0 Å². The van der Waals surface area contributed by atoms with Gasteiger partial charge in [-0.15, -0.1) is 0 Å². The lowest BCUT2D eigenvalue weighted by Crippen LogP contribution is -2.21. The first-order valence-corrected chi connectivity index (χ1v) is 8.03. The summed E-state index contributed by atoms with van der Waals surface area (Å²) in [4.78, 5) is 2.26. The van der Waals surface area contributed by atoms with Gasteiger partial charge in [-0.3, -0.25) is 0 Å². The lowest BCUT2D eigenvalue weighted by molar-refractivity contribution is 0.416. The molecule has 0 bridgehead atoms. The van der Waals surface area contributed by atoms with Crippen LogP contribution in [0.5, 0.6) is 5.75 Å². The van der Waals surface area contributed by atoms with Gasteiger partial charge in [0.15, 0.2) is 0 Å². The Balaban J connectivity index is 2.43. The maximum absolute atomic E-state index is 5.53. The van der Waals surface area contributed by atoms with Crippen LogP contribution < -0.4 is 9.64 Å². The number of anilines is 1. The molecule has 0 aliphatic heterocycles. The molecule has 0 unspecified atom stereocenters. The average Bonchev–Trinajstić information content (AvgIpc) is 2.45. The minimum atomic E-state index is 0.909. The molecular weight excluding hydrogens is 373 g/mol. The Bertz CT molecular complexity index is 610. The third-order valence-corrected chi connectivity index (χ3v) is 3.98. The quantitative estimate of drug-likeness (QED) is 0.661. The van der Waals surface area contributed by atoms with E-state index in [2.05, 4.69) is 84.8 Å². The minimum Gasteiger partial charge on any atom is -0.496 e. The predicted molar refractivity (Wildman–Crippen MR) is 99.0 cm³/mol. The summed E-state index contributed by atoms with van der Waals surface area (Å²) in [5.74, 6) is 2.30. The molecule has 1 radical (unpaired) electrons. The average molecular weight is 394 g/mol. The molecule has 0 aliphatic rings. The Labute approximate surface area is 141 Å². The van der Waals surface area contributed by atoms with Crippen molar-refractivity contribution in [2.45, 2.75) is 13.8 Å². The SMILES string of the molecule is COc1ccc(N(C)C[C](C)C)cc1-c1cccc(I)c1. The second-order valence-electron chi connectivity index (χ2n) is 5.46. The molecule has 2 rings (SSSR count). The van der Waals surface area contributed by atoms with Crippen molar-refractivity contribution < 1.29 is 4.74 Å². The van der Waals surface area contributed by atoms with Crippen molar-refractivity contribution in [2.75, 3.05) is 25.6 Å². The van der Waals surface area contributed by atoms with E-state index < -0.39 is 0 Å². The van der Waals surface area contributed by atoms with Gasteiger partial charge < -0.3 is 9.64 Å². The monoisotopic (exact) mass is 394 g/mol. The van der Waals surface area contributed by atoms with Gasteiger partial charge in [-0.05, 0) is 64.4 Å². The highest BCUT2D eigenvalue weighted by atomic mass is 127. The first kappa shape index (κ1) is 16.1. The minimum absolute atomic E-state index is 0.909. The number of ether oxygens (including phenoxy) is 1. The second-order valence-corrected chi connectivity index (χ2v) is 6.70. The molecule has 0 saturated heterocycles. The van der Waals surface area contributed by atoms with Gasteiger partial charge in [0.1, 0.15) is 5.75 Å². The van der Waals surface area contributed by atoms with Crippen LogP contribution in [0.3, 0.4) is 0 Å². The first-order valence-electron chi connectivity index (χ1n) is 6.95. The molecule has 0 fully saturated rings. The fourth-order valence-corrected chi connectivity index (χ4v) is 2.92. The lowest BCUT2D eigenvalue weighted by Gasteiger charge is -2.22. The Kier molecular flexibility index (Phi) is 5.51. The maximum Gasteiger partial charge on any atom is 0.126 e. The normalized spacial score (nSPS) is 10.8. The molecule has 0 amide bonds. The zero-order chi connectivity index (χ0) is 15.4. The van der Waals surface area contributed by atoms with Crippen molar-refractivity contribution in [3.05, 3.63) is 52.0 Å². The highest BCUT2D eigenvalue weighted by Crippen LogP contribution is 2.34. The van der Waals surface area contributed by atoms with Gasteiger partial charge in [-0.25, -0.2) is 0 Å². The number of nitrogens with zero attached hydrogens (tertiary/aromatic N) is 1. The molecule has 0 spiro atoms. The van der Waals surface area contributed by atoms with E-state index in [9.17, 15) is 0 Å². The molecule has 0 heterocycles. The third-order valence-electron chi connectivity index (χ3n) is 3.31. The van der Waals surface area contributed by atoms with E-state index in [0.29, 0.717) is 0 Å². The van der Waals surface area contributed by atoms with Gasteiger partial charge in [0, 0.05) is 28.4 Å². The first-order chi connectivity index (χ1) is 10.0. The molecular formula is C18H21INO. The molecule has 2 aromatic rings. The summed E-state index contributed by atoms with van der Waals surface area (Å²) < 4.78 is 6.75. The number of rotatable bonds is 5. The van der Waals surface area contributed by atoms with E-state index >= 15 is 0 Å². The van der Waals surface area contributed by atoms with Crippen LogP contribution in [0.1, 0.15) is 13.8 Å². The van der Waals surface area contributed by atoms with Crippen molar-refractivity contribution >= 4 is 28.3 Å². The lowest BCUT2D eigenvalue weighted by atomic mass is 10.0. The van der Waals surface area contributed by atoms with Crippen molar-refractivity contribution in [3.63, 3.8) is 0 Å². The molecule has 0 atom stereocenters. The summed E-state index contributed by atoms with van der Waals surface area (Å²) in [7, 11) is 3.84. The van der Waals surface area contributed by atoms with E-state index in [4.69, 9.17) is 4.74 Å². The van der Waals surface area contributed by atoms with Crippen molar-refractivity contribution in [1.82, 2.24) is 0 Å². The Hall–Kier alpha value is -1.23. The molecule has 0 aromatic heterocycles. The van der Waals surface area contributed by atoms with Crippen LogP contribution in [0.2, 0.25) is 0 Å². The summed E-state index contributed by atoms with van der Waals surface area (Å²) in [6, 6.07) is 14.8. The number of halogens is 1. The van der Waals surface area contributed by atoms with E-state index in [1.54, 1.807) is 7.11 Å². The molecule has 2 aromatic carbocycles. The molecule has 0 aliphatic carbocycles. The second kappa shape index (κ2) is 7.16. The smallest absolute Gasteiger partial charge is 0.126 e. The van der Waals surface area contributed by atoms with Crippen LogP contribution >= 0.6 is 22.6 Å². The fourth-order valence-electron chi connectivity index (χ4n) is 2.38. The van der Waals surface area contributed by atoms with Crippen LogP contribution in [0.25, 0.3) is 11.1 Å². The van der Waals surface area contributed by atoms with Crippen LogP contribution in [-0.2, 0) is 0 Å². The maximum atomic E-state index is 5.53. The molecule has 2 nitrogen and oxygen atoms in total. The molecule has 0 N–H and O–H groups in total. The Morgan fingerprint density at radius 2 is 1.90 bits per heavy atom. The number of hydrogen-bond donors (Lipinski definition) is 0. The molecule has 21 heavy (non-hydrogen) atoms. The zero-order valence-corrected chi connectivity index (χ0v) is 15.1.